The molecule has 1 aromatic rings. The number of fused-ring (bicyclic) bond motifs is 1. The van der Waals surface area contributed by atoms with Crippen molar-refractivity contribution in [3.05, 3.63) is 35.4 Å². The summed E-state index contributed by atoms with van der Waals surface area (Å²) in [7, 11) is 4.32. The average molecular weight is 258 g/mol. The molecule has 0 fully saturated rings. The molecule has 0 aliphatic heterocycles. The van der Waals surface area contributed by atoms with Crippen molar-refractivity contribution in [1.29, 1.82) is 0 Å². The van der Waals surface area contributed by atoms with Crippen LogP contribution in [0.25, 0.3) is 0 Å². The maximum absolute atomic E-state index is 2.33. The van der Waals surface area contributed by atoms with Gasteiger partial charge in [0.05, 0.1) is 0 Å². The SMILES string of the molecule is CN(C)CCC1CCCc2ccccc21.Cl.O. The van der Waals surface area contributed by atoms with Gasteiger partial charge in [-0.05, 0) is 63.4 Å². The Balaban J connectivity index is 0.00000128. The van der Waals surface area contributed by atoms with Crippen LogP contribution < -0.4 is 0 Å². The molecule has 1 aliphatic carbocycles. The van der Waals surface area contributed by atoms with Crippen LogP contribution in [0.4, 0.5) is 0 Å². The van der Waals surface area contributed by atoms with Crippen LogP contribution in [0.3, 0.4) is 0 Å². The van der Waals surface area contributed by atoms with Crippen molar-refractivity contribution < 1.29 is 5.48 Å². The third kappa shape index (κ3) is 4.30. The van der Waals surface area contributed by atoms with Crippen LogP contribution in [0.2, 0.25) is 0 Å². The molecule has 2 rings (SSSR count). The highest BCUT2D eigenvalue weighted by Gasteiger charge is 2.19. The molecular formula is C14H24ClNO. The lowest BCUT2D eigenvalue weighted by atomic mass is 9.81. The van der Waals surface area contributed by atoms with Crippen LogP contribution in [0.15, 0.2) is 24.3 Å². The molecule has 1 aromatic carbocycles. The summed E-state index contributed by atoms with van der Waals surface area (Å²) in [4.78, 5) is 2.29. The van der Waals surface area contributed by atoms with Crippen molar-refractivity contribution in [2.24, 2.45) is 0 Å². The molecule has 0 saturated carbocycles. The van der Waals surface area contributed by atoms with Crippen LogP contribution in [0, 0.1) is 0 Å². The summed E-state index contributed by atoms with van der Waals surface area (Å²) in [6.07, 6.45) is 5.35. The first-order valence-corrected chi connectivity index (χ1v) is 6.00. The highest BCUT2D eigenvalue weighted by molar-refractivity contribution is 5.85. The molecule has 0 saturated heterocycles. The van der Waals surface area contributed by atoms with Crippen LogP contribution >= 0.6 is 12.4 Å². The topological polar surface area (TPSA) is 34.7 Å². The minimum absolute atomic E-state index is 0. The second-order valence-electron chi connectivity index (χ2n) is 4.88. The first-order valence-electron chi connectivity index (χ1n) is 6.00. The van der Waals surface area contributed by atoms with Gasteiger partial charge >= 0.3 is 0 Å². The Hall–Kier alpha value is -0.570. The summed E-state index contributed by atoms with van der Waals surface area (Å²) in [5.41, 5.74) is 3.21. The van der Waals surface area contributed by atoms with E-state index in [1.165, 1.54) is 32.2 Å². The molecule has 1 unspecified atom stereocenters. The highest BCUT2D eigenvalue weighted by atomic mass is 35.5. The number of nitrogens with zero attached hydrogens (tertiary/aromatic N) is 1. The van der Waals surface area contributed by atoms with E-state index in [0.29, 0.717) is 0 Å². The van der Waals surface area contributed by atoms with Gasteiger partial charge in [-0.15, -0.1) is 12.4 Å². The van der Waals surface area contributed by atoms with E-state index in [4.69, 9.17) is 0 Å². The standard InChI is InChI=1S/C14H21N.ClH.H2O/c1-15(2)11-10-13-8-5-7-12-6-3-4-9-14(12)13;;/h3-4,6,9,13H,5,7-8,10-11H2,1-2H3;1H;1H2. The predicted octanol–water partition coefficient (Wildman–Crippen LogP) is 2.66. The van der Waals surface area contributed by atoms with E-state index in [1.807, 2.05) is 0 Å². The summed E-state index contributed by atoms with van der Waals surface area (Å²) in [6.45, 7) is 1.21. The fourth-order valence-corrected chi connectivity index (χ4v) is 2.57. The van der Waals surface area contributed by atoms with Gasteiger partial charge in [-0.25, -0.2) is 0 Å². The molecule has 1 aliphatic rings. The van der Waals surface area contributed by atoms with Gasteiger partial charge in [0.2, 0.25) is 0 Å². The summed E-state index contributed by atoms with van der Waals surface area (Å²) in [5.74, 6) is 0.803. The number of rotatable bonds is 3. The minimum Gasteiger partial charge on any atom is -0.412 e. The van der Waals surface area contributed by atoms with E-state index in [1.54, 1.807) is 11.1 Å². The largest absolute Gasteiger partial charge is 0.412 e. The highest BCUT2D eigenvalue weighted by Crippen LogP contribution is 2.33. The van der Waals surface area contributed by atoms with Crippen molar-refractivity contribution in [2.45, 2.75) is 31.6 Å². The Bertz CT molecular complexity index is 328. The number of hydrogen-bond acceptors (Lipinski definition) is 1. The van der Waals surface area contributed by atoms with Gasteiger partial charge in [-0.2, -0.15) is 0 Å². The smallest absolute Gasteiger partial charge is 0.00190 e. The number of aryl methyl sites for hydroxylation is 1. The normalized spacial score (nSPS) is 17.9. The zero-order valence-corrected chi connectivity index (χ0v) is 11.6. The van der Waals surface area contributed by atoms with Crippen molar-refractivity contribution in [2.75, 3.05) is 20.6 Å². The first-order chi connectivity index (χ1) is 7.27. The van der Waals surface area contributed by atoms with Crippen molar-refractivity contribution in [3.8, 4) is 0 Å². The van der Waals surface area contributed by atoms with Gasteiger partial charge in [0.1, 0.15) is 0 Å². The van der Waals surface area contributed by atoms with E-state index < -0.39 is 0 Å². The Morgan fingerprint density at radius 3 is 2.65 bits per heavy atom. The lowest BCUT2D eigenvalue weighted by Gasteiger charge is -2.26. The molecule has 98 valence electrons. The van der Waals surface area contributed by atoms with Crippen LogP contribution in [0.5, 0.6) is 0 Å². The third-order valence-electron chi connectivity index (χ3n) is 3.42. The molecule has 0 spiro atoms. The second-order valence-corrected chi connectivity index (χ2v) is 4.88. The first kappa shape index (κ1) is 16.4. The fourth-order valence-electron chi connectivity index (χ4n) is 2.57. The van der Waals surface area contributed by atoms with Gasteiger partial charge in [-0.3, -0.25) is 0 Å². The van der Waals surface area contributed by atoms with Crippen LogP contribution in [-0.4, -0.2) is 31.0 Å². The van der Waals surface area contributed by atoms with E-state index >= 15 is 0 Å². The summed E-state index contributed by atoms with van der Waals surface area (Å²) in [5, 5.41) is 0. The summed E-state index contributed by atoms with van der Waals surface area (Å²) < 4.78 is 0. The number of benzene rings is 1. The lowest BCUT2D eigenvalue weighted by molar-refractivity contribution is 0.368. The van der Waals surface area contributed by atoms with Gasteiger partial charge in [0.15, 0.2) is 0 Å². The zero-order chi connectivity index (χ0) is 10.7. The Labute approximate surface area is 111 Å². The molecule has 17 heavy (non-hydrogen) atoms. The Kier molecular flexibility index (Phi) is 7.44. The van der Waals surface area contributed by atoms with Crippen LogP contribution in [0.1, 0.15) is 36.3 Å². The molecule has 2 N–H and O–H groups in total. The molecule has 0 radical (unpaired) electrons. The quantitative estimate of drug-likeness (QED) is 0.820. The molecule has 0 bridgehead atoms. The average Bonchev–Trinajstić information content (AvgIpc) is 2.26. The second kappa shape index (κ2) is 7.70. The molecular weight excluding hydrogens is 234 g/mol. The molecule has 3 heteroatoms. The predicted molar refractivity (Wildman–Crippen MR) is 76.2 cm³/mol. The maximum atomic E-state index is 2.33. The molecule has 2 nitrogen and oxygen atoms in total. The van der Waals surface area contributed by atoms with E-state index in [0.717, 1.165) is 5.92 Å². The lowest BCUT2D eigenvalue weighted by Crippen LogP contribution is -2.18. The van der Waals surface area contributed by atoms with Crippen molar-refractivity contribution in [3.63, 3.8) is 0 Å². The Morgan fingerprint density at radius 1 is 1.24 bits per heavy atom. The third-order valence-corrected chi connectivity index (χ3v) is 3.42. The van der Waals surface area contributed by atoms with E-state index in [9.17, 15) is 0 Å². The zero-order valence-electron chi connectivity index (χ0n) is 10.8. The summed E-state index contributed by atoms with van der Waals surface area (Å²) >= 11 is 0. The fraction of sp³-hybridized carbons (Fsp3) is 0.571. The van der Waals surface area contributed by atoms with Crippen molar-refractivity contribution in [1.82, 2.24) is 4.90 Å². The monoisotopic (exact) mass is 257 g/mol. The summed E-state index contributed by atoms with van der Waals surface area (Å²) in [6, 6.07) is 8.99. The minimum atomic E-state index is 0. The molecule has 0 amide bonds. The maximum Gasteiger partial charge on any atom is -0.00190 e. The van der Waals surface area contributed by atoms with E-state index in [-0.39, 0.29) is 17.9 Å². The van der Waals surface area contributed by atoms with E-state index in [2.05, 4.69) is 43.3 Å². The molecule has 1 atom stereocenters. The van der Waals surface area contributed by atoms with Gasteiger partial charge in [0.25, 0.3) is 0 Å². The van der Waals surface area contributed by atoms with Gasteiger partial charge < -0.3 is 10.4 Å². The van der Waals surface area contributed by atoms with Gasteiger partial charge in [0, 0.05) is 0 Å². The molecule has 0 heterocycles. The molecule has 0 aromatic heterocycles. The van der Waals surface area contributed by atoms with Gasteiger partial charge in [-0.1, -0.05) is 24.3 Å². The van der Waals surface area contributed by atoms with Crippen molar-refractivity contribution >= 4 is 12.4 Å². The number of hydrogen-bond donors (Lipinski definition) is 0. The van der Waals surface area contributed by atoms with Crippen LogP contribution in [-0.2, 0) is 6.42 Å². The Morgan fingerprint density at radius 2 is 1.94 bits per heavy atom. The number of halogens is 1.